The zero-order chi connectivity index (χ0) is 15.7. The van der Waals surface area contributed by atoms with E-state index in [4.69, 9.17) is 4.74 Å². The number of anilines is 1. The third-order valence-electron chi connectivity index (χ3n) is 3.58. The Bertz CT molecular complexity index is 639. The van der Waals surface area contributed by atoms with E-state index in [0.717, 1.165) is 26.2 Å². The fourth-order valence-corrected chi connectivity index (χ4v) is 4.81. The number of carbonyl (C=O) groups is 1. The van der Waals surface area contributed by atoms with Gasteiger partial charge in [0, 0.05) is 26.2 Å². The van der Waals surface area contributed by atoms with Crippen molar-refractivity contribution in [3.05, 3.63) is 36.3 Å². The molecule has 1 aromatic rings. The molecule has 22 heavy (non-hydrogen) atoms. The summed E-state index contributed by atoms with van der Waals surface area (Å²) in [5, 5.41) is 5.31. The van der Waals surface area contributed by atoms with E-state index in [2.05, 4.69) is 17.2 Å². The molecule has 1 aromatic carbocycles. The zero-order valence-electron chi connectivity index (χ0n) is 12.4. The summed E-state index contributed by atoms with van der Waals surface area (Å²) in [7, 11) is -1.31. The maximum Gasteiger partial charge on any atom is 0.323 e. The second kappa shape index (κ2) is 5.76. The van der Waals surface area contributed by atoms with Crippen molar-refractivity contribution >= 4 is 19.2 Å². The number of rotatable bonds is 6. The molecule has 2 heterocycles. The SMILES string of the molecule is C=C(NC(=O)Nc1ccccc1OC)P(=O)(N1CC1)N1CC1. The van der Waals surface area contributed by atoms with E-state index in [1.54, 1.807) is 18.2 Å². The van der Waals surface area contributed by atoms with Gasteiger partial charge >= 0.3 is 6.03 Å². The Morgan fingerprint density at radius 3 is 2.36 bits per heavy atom. The first-order valence-electron chi connectivity index (χ1n) is 7.07. The minimum absolute atomic E-state index is 0.259. The molecule has 2 aliphatic rings. The molecule has 118 valence electrons. The second-order valence-corrected chi connectivity index (χ2v) is 7.94. The van der Waals surface area contributed by atoms with Gasteiger partial charge in [-0.25, -0.2) is 14.1 Å². The quantitative estimate of drug-likeness (QED) is 0.620. The summed E-state index contributed by atoms with van der Waals surface area (Å²) in [6, 6.07) is 6.62. The number of hydrogen-bond donors (Lipinski definition) is 2. The molecule has 0 unspecified atom stereocenters. The van der Waals surface area contributed by atoms with Crippen molar-refractivity contribution in [2.45, 2.75) is 0 Å². The minimum Gasteiger partial charge on any atom is -0.495 e. The minimum atomic E-state index is -2.84. The third kappa shape index (κ3) is 2.88. The Labute approximate surface area is 129 Å². The van der Waals surface area contributed by atoms with Crippen LogP contribution in [0.5, 0.6) is 5.75 Å². The molecule has 0 radical (unpaired) electrons. The van der Waals surface area contributed by atoms with Crippen LogP contribution in [0.1, 0.15) is 0 Å². The van der Waals surface area contributed by atoms with E-state index in [9.17, 15) is 9.36 Å². The monoisotopic (exact) mass is 322 g/mol. The Kier molecular flexibility index (Phi) is 3.95. The van der Waals surface area contributed by atoms with Gasteiger partial charge in [-0.15, -0.1) is 0 Å². The Hall–Kier alpha value is -1.82. The van der Waals surface area contributed by atoms with Gasteiger partial charge in [-0.2, -0.15) is 0 Å². The lowest BCUT2D eigenvalue weighted by atomic mass is 10.3. The summed E-state index contributed by atoms with van der Waals surface area (Å²) in [6.07, 6.45) is 0. The van der Waals surface area contributed by atoms with Crippen LogP contribution in [0.3, 0.4) is 0 Å². The highest BCUT2D eigenvalue weighted by Crippen LogP contribution is 2.64. The summed E-state index contributed by atoms with van der Waals surface area (Å²) >= 11 is 0. The number of nitrogens with zero attached hydrogens (tertiary/aromatic N) is 2. The van der Waals surface area contributed by atoms with E-state index in [0.29, 0.717) is 11.4 Å². The second-order valence-electron chi connectivity index (χ2n) is 5.18. The van der Waals surface area contributed by atoms with E-state index in [1.807, 2.05) is 15.4 Å². The van der Waals surface area contributed by atoms with E-state index >= 15 is 0 Å². The van der Waals surface area contributed by atoms with Crippen LogP contribution >= 0.6 is 7.44 Å². The van der Waals surface area contributed by atoms with Crippen molar-refractivity contribution in [3.63, 3.8) is 0 Å². The maximum atomic E-state index is 13.0. The molecule has 0 aromatic heterocycles. The normalized spacial score (nSPS) is 17.7. The lowest BCUT2D eigenvalue weighted by Crippen LogP contribution is -2.29. The number of urea groups is 1. The van der Waals surface area contributed by atoms with E-state index < -0.39 is 13.5 Å². The molecule has 0 spiro atoms. The highest BCUT2D eigenvalue weighted by molar-refractivity contribution is 7.64. The molecule has 2 saturated heterocycles. The third-order valence-corrected chi connectivity index (χ3v) is 6.73. The Morgan fingerprint density at radius 1 is 1.23 bits per heavy atom. The number of para-hydroxylation sites is 2. The van der Waals surface area contributed by atoms with Gasteiger partial charge < -0.3 is 15.4 Å². The lowest BCUT2D eigenvalue weighted by Gasteiger charge is -2.22. The van der Waals surface area contributed by atoms with Crippen LogP contribution in [0.4, 0.5) is 10.5 Å². The summed E-state index contributed by atoms with van der Waals surface area (Å²) in [5.41, 5.74) is 0.804. The van der Waals surface area contributed by atoms with Crippen LogP contribution in [0.25, 0.3) is 0 Å². The number of nitrogens with one attached hydrogen (secondary N) is 2. The van der Waals surface area contributed by atoms with Crippen LogP contribution in [0.15, 0.2) is 36.3 Å². The predicted molar refractivity (Wildman–Crippen MR) is 85.0 cm³/mol. The molecular weight excluding hydrogens is 303 g/mol. The molecule has 2 aliphatic heterocycles. The molecule has 2 amide bonds. The van der Waals surface area contributed by atoms with Crippen LogP contribution in [0.2, 0.25) is 0 Å². The van der Waals surface area contributed by atoms with Gasteiger partial charge in [0.2, 0.25) is 0 Å². The van der Waals surface area contributed by atoms with Crippen LogP contribution < -0.4 is 15.4 Å². The average Bonchev–Trinajstić information content (AvgIpc) is 3.39. The fraction of sp³-hybridized carbons (Fsp3) is 0.357. The van der Waals surface area contributed by atoms with Crippen LogP contribution in [-0.2, 0) is 4.57 Å². The number of methoxy groups -OCH3 is 1. The first-order chi connectivity index (χ1) is 10.6. The van der Waals surface area contributed by atoms with Crippen molar-refractivity contribution in [1.29, 1.82) is 0 Å². The number of carbonyl (C=O) groups excluding carboxylic acids is 1. The highest BCUT2D eigenvalue weighted by atomic mass is 31.2. The molecule has 3 rings (SSSR count). The smallest absolute Gasteiger partial charge is 0.323 e. The first kappa shape index (κ1) is 15.1. The van der Waals surface area contributed by atoms with Gasteiger partial charge in [-0.05, 0) is 12.1 Å². The summed E-state index contributed by atoms with van der Waals surface area (Å²) in [6.45, 7) is 6.95. The predicted octanol–water partition coefficient (Wildman–Crippen LogP) is 2.11. The fourth-order valence-electron chi connectivity index (χ4n) is 2.26. The highest BCUT2D eigenvalue weighted by Gasteiger charge is 2.50. The van der Waals surface area contributed by atoms with Gasteiger partial charge in [0.25, 0.3) is 7.44 Å². The van der Waals surface area contributed by atoms with Crippen molar-refractivity contribution < 1.29 is 14.1 Å². The summed E-state index contributed by atoms with van der Waals surface area (Å²) < 4.78 is 21.9. The molecule has 7 nitrogen and oxygen atoms in total. The number of benzene rings is 1. The number of amides is 2. The maximum absolute atomic E-state index is 13.0. The van der Waals surface area contributed by atoms with Gasteiger partial charge in [0.1, 0.15) is 11.2 Å². The molecule has 0 aliphatic carbocycles. The summed E-state index contributed by atoms with van der Waals surface area (Å²) in [4.78, 5) is 12.1. The number of hydrogen-bond acceptors (Lipinski definition) is 3. The number of ether oxygens (including phenoxy) is 1. The van der Waals surface area contributed by atoms with Crippen LogP contribution in [-0.4, -0.2) is 48.7 Å². The lowest BCUT2D eigenvalue weighted by molar-refractivity contribution is 0.254. The molecule has 0 saturated carbocycles. The van der Waals surface area contributed by atoms with Gasteiger partial charge in [-0.3, -0.25) is 4.57 Å². The Balaban J connectivity index is 1.66. The van der Waals surface area contributed by atoms with Crippen molar-refractivity contribution in [2.24, 2.45) is 0 Å². The first-order valence-corrected chi connectivity index (χ1v) is 8.68. The van der Waals surface area contributed by atoms with E-state index in [1.165, 1.54) is 7.11 Å². The largest absolute Gasteiger partial charge is 0.495 e. The molecule has 2 fully saturated rings. The van der Waals surface area contributed by atoms with E-state index in [-0.39, 0.29) is 5.44 Å². The molecule has 0 bridgehead atoms. The molecular formula is C14H19N4O3P. The van der Waals surface area contributed by atoms with Crippen molar-refractivity contribution in [2.75, 3.05) is 38.6 Å². The molecule has 0 atom stereocenters. The van der Waals surface area contributed by atoms with Gasteiger partial charge in [0.05, 0.1) is 12.8 Å². The average molecular weight is 322 g/mol. The topological polar surface area (TPSA) is 73.5 Å². The van der Waals surface area contributed by atoms with Gasteiger partial charge in [-0.1, -0.05) is 18.7 Å². The summed E-state index contributed by atoms with van der Waals surface area (Å²) in [5.74, 6) is 0.559. The van der Waals surface area contributed by atoms with Crippen molar-refractivity contribution in [1.82, 2.24) is 14.7 Å². The van der Waals surface area contributed by atoms with Crippen molar-refractivity contribution in [3.8, 4) is 5.75 Å². The van der Waals surface area contributed by atoms with Crippen LogP contribution in [0, 0.1) is 0 Å². The standard InChI is InChI=1S/C14H19N4O3P/c1-11(22(20,17-7-8-17)18-9-10-18)15-14(19)16-12-5-3-4-6-13(12)21-2/h3-6H,1,7-10H2,2H3,(H2,15,16,19). The zero-order valence-corrected chi connectivity index (χ0v) is 13.3. The molecule has 2 N–H and O–H groups in total. The Morgan fingerprint density at radius 2 is 1.82 bits per heavy atom. The molecule has 8 heteroatoms. The van der Waals surface area contributed by atoms with Gasteiger partial charge in [0.15, 0.2) is 0 Å².